The van der Waals surface area contributed by atoms with Gasteiger partial charge in [0.25, 0.3) is 0 Å². The Balaban J connectivity index is 1.15. The van der Waals surface area contributed by atoms with E-state index in [1.54, 1.807) is 6.07 Å². The van der Waals surface area contributed by atoms with Gasteiger partial charge in [0.05, 0.1) is 11.2 Å². The summed E-state index contributed by atoms with van der Waals surface area (Å²) in [5.74, 6) is 1.70. The van der Waals surface area contributed by atoms with Gasteiger partial charge in [0.1, 0.15) is 30.4 Å². The van der Waals surface area contributed by atoms with Crippen LogP contribution in [0.1, 0.15) is 11.1 Å². The molecule has 0 spiro atoms. The van der Waals surface area contributed by atoms with Crippen molar-refractivity contribution in [1.29, 1.82) is 0 Å². The second-order valence-electron chi connectivity index (χ2n) is 7.70. The SMILES string of the molecule is O=c1[nH]c(O)c(-c2occc2Sc2ccc(OCc3ccc(OCc4ccccc4)cc3)cc2)[nH]1. The van der Waals surface area contributed by atoms with Gasteiger partial charge in [0, 0.05) is 4.90 Å². The molecule has 0 atom stereocenters. The van der Waals surface area contributed by atoms with E-state index < -0.39 is 5.69 Å². The van der Waals surface area contributed by atoms with Crippen molar-refractivity contribution in [1.82, 2.24) is 9.97 Å². The predicted molar refractivity (Wildman–Crippen MR) is 133 cm³/mol. The van der Waals surface area contributed by atoms with Gasteiger partial charge in [0.2, 0.25) is 5.88 Å². The lowest BCUT2D eigenvalue weighted by Gasteiger charge is -2.09. The van der Waals surface area contributed by atoms with Crippen LogP contribution in [0.15, 0.2) is 110 Å². The number of H-pyrrole nitrogens is 2. The first kappa shape index (κ1) is 22.5. The van der Waals surface area contributed by atoms with Crippen molar-refractivity contribution in [3.05, 3.63) is 113 Å². The maximum atomic E-state index is 11.4. The third kappa shape index (κ3) is 5.62. The van der Waals surface area contributed by atoms with Gasteiger partial charge in [-0.3, -0.25) is 9.97 Å². The number of aromatic amines is 2. The average molecular weight is 487 g/mol. The molecule has 0 radical (unpaired) electrons. The summed E-state index contributed by atoms with van der Waals surface area (Å²) >= 11 is 1.45. The van der Waals surface area contributed by atoms with E-state index in [1.807, 2.05) is 78.9 Å². The molecule has 0 amide bonds. The molecule has 0 fully saturated rings. The number of furan rings is 1. The van der Waals surface area contributed by atoms with Crippen molar-refractivity contribution in [2.24, 2.45) is 0 Å². The summed E-state index contributed by atoms with van der Waals surface area (Å²) in [6.07, 6.45) is 1.51. The zero-order valence-corrected chi connectivity index (χ0v) is 19.4. The third-order valence-electron chi connectivity index (χ3n) is 5.19. The number of rotatable bonds is 9. The van der Waals surface area contributed by atoms with Crippen LogP contribution < -0.4 is 15.2 Å². The molecule has 0 aliphatic carbocycles. The van der Waals surface area contributed by atoms with Gasteiger partial charge < -0.3 is 19.0 Å². The maximum absolute atomic E-state index is 11.4. The highest BCUT2D eigenvalue weighted by molar-refractivity contribution is 7.99. The first-order chi connectivity index (χ1) is 17.1. The van der Waals surface area contributed by atoms with E-state index in [1.165, 1.54) is 18.0 Å². The van der Waals surface area contributed by atoms with Gasteiger partial charge in [-0.2, -0.15) is 0 Å². The molecule has 5 rings (SSSR count). The number of imidazole rings is 1. The normalized spacial score (nSPS) is 10.9. The zero-order chi connectivity index (χ0) is 24.0. The summed E-state index contributed by atoms with van der Waals surface area (Å²) in [4.78, 5) is 18.0. The van der Waals surface area contributed by atoms with E-state index in [9.17, 15) is 9.90 Å². The van der Waals surface area contributed by atoms with Crippen LogP contribution in [0.3, 0.4) is 0 Å². The Labute approximate surface area is 205 Å². The fourth-order valence-corrected chi connectivity index (χ4v) is 4.31. The average Bonchev–Trinajstić information content (AvgIpc) is 3.48. The number of aromatic nitrogens is 2. The van der Waals surface area contributed by atoms with Crippen LogP contribution in [0.25, 0.3) is 11.5 Å². The van der Waals surface area contributed by atoms with Crippen LogP contribution >= 0.6 is 11.8 Å². The van der Waals surface area contributed by atoms with Crippen molar-refractivity contribution in [3.8, 4) is 28.8 Å². The lowest BCUT2D eigenvalue weighted by atomic mass is 10.2. The third-order valence-corrected chi connectivity index (χ3v) is 6.24. The quantitative estimate of drug-likeness (QED) is 0.237. The molecule has 0 aliphatic heterocycles. The summed E-state index contributed by atoms with van der Waals surface area (Å²) in [5, 5.41) is 9.89. The Morgan fingerprint density at radius 2 is 1.40 bits per heavy atom. The first-order valence-corrected chi connectivity index (χ1v) is 11.7. The van der Waals surface area contributed by atoms with E-state index >= 15 is 0 Å². The van der Waals surface area contributed by atoms with Crippen LogP contribution in [0.2, 0.25) is 0 Å². The van der Waals surface area contributed by atoms with Crippen molar-refractivity contribution >= 4 is 11.8 Å². The molecule has 0 saturated carbocycles. The number of benzene rings is 3. The monoisotopic (exact) mass is 486 g/mol. The molecule has 2 heterocycles. The van der Waals surface area contributed by atoms with E-state index in [4.69, 9.17) is 13.9 Å². The molecule has 8 heteroatoms. The number of aromatic hydroxyl groups is 1. The standard InChI is InChI=1S/C27H22N2O5S/c30-26-24(28-27(31)29-26)25-23(14-15-32-25)35-22-12-10-21(11-13-22)34-17-19-6-8-20(9-7-19)33-16-18-4-2-1-3-5-18/h1-15,30H,16-17H2,(H2,28,29,31). The highest BCUT2D eigenvalue weighted by Crippen LogP contribution is 2.38. The summed E-state index contributed by atoms with van der Waals surface area (Å²) in [5.41, 5.74) is 1.89. The van der Waals surface area contributed by atoms with E-state index in [0.29, 0.717) is 19.0 Å². The topological polar surface area (TPSA) is 100 Å². The van der Waals surface area contributed by atoms with Crippen LogP contribution in [0.4, 0.5) is 0 Å². The summed E-state index contributed by atoms with van der Waals surface area (Å²) in [6, 6.07) is 27.4. The number of nitrogens with one attached hydrogen (secondary N) is 2. The minimum Gasteiger partial charge on any atom is -0.493 e. The molecule has 2 aromatic heterocycles. The minimum atomic E-state index is -0.499. The Kier molecular flexibility index (Phi) is 6.63. The van der Waals surface area contributed by atoms with Crippen molar-refractivity contribution < 1.29 is 19.0 Å². The maximum Gasteiger partial charge on any atom is 0.326 e. The molecule has 3 N–H and O–H groups in total. The molecule has 0 aliphatic rings. The molecule has 0 bridgehead atoms. The number of hydrogen-bond acceptors (Lipinski definition) is 6. The lowest BCUT2D eigenvalue weighted by molar-refractivity contribution is 0.300. The molecular weight excluding hydrogens is 464 g/mol. The highest BCUT2D eigenvalue weighted by atomic mass is 32.2. The Hall–Kier alpha value is -4.30. The Morgan fingerprint density at radius 1 is 0.771 bits per heavy atom. The van der Waals surface area contributed by atoms with Crippen LogP contribution in [-0.2, 0) is 13.2 Å². The summed E-state index contributed by atoms with van der Waals surface area (Å²) in [6.45, 7) is 0.975. The second kappa shape index (κ2) is 10.3. The van der Waals surface area contributed by atoms with Crippen molar-refractivity contribution in [2.75, 3.05) is 0 Å². The van der Waals surface area contributed by atoms with Crippen LogP contribution in [0.5, 0.6) is 17.4 Å². The van der Waals surface area contributed by atoms with Crippen molar-refractivity contribution in [2.45, 2.75) is 23.0 Å². The molecule has 7 nitrogen and oxygen atoms in total. The van der Waals surface area contributed by atoms with E-state index in [2.05, 4.69) is 9.97 Å². The summed E-state index contributed by atoms with van der Waals surface area (Å²) < 4.78 is 17.2. The van der Waals surface area contributed by atoms with Gasteiger partial charge in [-0.25, -0.2) is 4.79 Å². The molecular formula is C27H22N2O5S. The molecule has 0 unspecified atom stereocenters. The second-order valence-corrected chi connectivity index (χ2v) is 8.81. The number of ether oxygens (including phenoxy) is 2. The predicted octanol–water partition coefficient (Wildman–Crippen LogP) is 5.98. The van der Waals surface area contributed by atoms with Gasteiger partial charge in [-0.05, 0) is 53.6 Å². The molecule has 3 aromatic carbocycles. The fourth-order valence-electron chi connectivity index (χ4n) is 3.42. The zero-order valence-electron chi connectivity index (χ0n) is 18.6. The molecule has 0 saturated heterocycles. The number of hydrogen-bond donors (Lipinski definition) is 3. The fraction of sp³-hybridized carbons (Fsp3) is 0.0741. The van der Waals surface area contributed by atoms with Crippen LogP contribution in [0, 0.1) is 0 Å². The highest BCUT2D eigenvalue weighted by Gasteiger charge is 2.17. The van der Waals surface area contributed by atoms with E-state index in [0.717, 1.165) is 32.4 Å². The smallest absolute Gasteiger partial charge is 0.326 e. The largest absolute Gasteiger partial charge is 0.493 e. The lowest BCUT2D eigenvalue weighted by Crippen LogP contribution is -2.00. The van der Waals surface area contributed by atoms with Crippen LogP contribution in [-0.4, -0.2) is 15.1 Å². The minimum absolute atomic E-state index is 0.221. The van der Waals surface area contributed by atoms with Gasteiger partial charge >= 0.3 is 5.69 Å². The molecule has 35 heavy (non-hydrogen) atoms. The molecule has 5 aromatic rings. The summed E-state index contributed by atoms with van der Waals surface area (Å²) in [7, 11) is 0. The van der Waals surface area contributed by atoms with Gasteiger partial charge in [-0.15, -0.1) is 0 Å². The van der Waals surface area contributed by atoms with Crippen molar-refractivity contribution in [3.63, 3.8) is 0 Å². The van der Waals surface area contributed by atoms with Gasteiger partial charge in [0.15, 0.2) is 5.76 Å². The first-order valence-electron chi connectivity index (χ1n) is 10.9. The Morgan fingerprint density at radius 3 is 2.03 bits per heavy atom. The Bertz CT molecular complexity index is 1440. The van der Waals surface area contributed by atoms with Gasteiger partial charge in [-0.1, -0.05) is 54.2 Å². The molecule has 176 valence electrons. The van der Waals surface area contributed by atoms with E-state index in [-0.39, 0.29) is 11.6 Å².